The molecule has 0 aliphatic carbocycles. The third-order valence-electron chi connectivity index (χ3n) is 7.85. The van der Waals surface area contributed by atoms with Gasteiger partial charge in [0.15, 0.2) is 0 Å². The van der Waals surface area contributed by atoms with Crippen LogP contribution in [0.4, 0.5) is 5.69 Å². The summed E-state index contributed by atoms with van der Waals surface area (Å²) in [6.45, 7) is 7.02. The Bertz CT molecular complexity index is 1300. The SMILES string of the molecule is CCCCc1ccc(CCCCOCc2cccc(C=Cc3cccc(NC(=O)CC(CC)(CC)C(=O)O)c3)n2)cc1. The monoisotopic (exact) mass is 570 g/mol. The van der Waals surface area contributed by atoms with E-state index in [-0.39, 0.29) is 12.3 Å². The number of amides is 1. The molecule has 0 aliphatic heterocycles. The van der Waals surface area contributed by atoms with E-state index in [2.05, 4.69) is 36.5 Å². The van der Waals surface area contributed by atoms with Crippen LogP contribution >= 0.6 is 0 Å². The molecule has 224 valence electrons. The lowest BCUT2D eigenvalue weighted by Gasteiger charge is -2.25. The van der Waals surface area contributed by atoms with Gasteiger partial charge < -0.3 is 15.2 Å². The topological polar surface area (TPSA) is 88.5 Å². The molecule has 0 radical (unpaired) electrons. The molecule has 0 saturated carbocycles. The van der Waals surface area contributed by atoms with Crippen molar-refractivity contribution in [2.45, 2.75) is 85.2 Å². The standard InChI is InChI=1S/C36H46N2O4/c1-4-7-12-28-18-20-29(21-19-28)13-8-9-24-42-27-33-17-11-15-31(37-33)23-22-30-14-10-16-32(25-30)38-34(39)26-36(5-2,6-3)35(40)41/h10-11,14-23,25H,4-9,12-13,24,26-27H2,1-3H3,(H,38,39)(H,40,41). The smallest absolute Gasteiger partial charge is 0.310 e. The molecule has 0 bridgehead atoms. The van der Waals surface area contributed by atoms with Crippen LogP contribution in [0.5, 0.6) is 0 Å². The van der Waals surface area contributed by atoms with Gasteiger partial charge in [-0.3, -0.25) is 14.6 Å². The Kier molecular flexibility index (Phi) is 13.4. The van der Waals surface area contributed by atoms with Gasteiger partial charge in [-0.1, -0.05) is 75.7 Å². The zero-order valence-electron chi connectivity index (χ0n) is 25.4. The number of nitrogens with zero attached hydrogens (tertiary/aromatic N) is 1. The van der Waals surface area contributed by atoms with Gasteiger partial charge in [0.25, 0.3) is 0 Å². The lowest BCUT2D eigenvalue weighted by atomic mass is 9.79. The lowest BCUT2D eigenvalue weighted by Crippen LogP contribution is -2.34. The number of unbranched alkanes of at least 4 members (excludes halogenated alkanes) is 2. The van der Waals surface area contributed by atoms with Crippen LogP contribution in [-0.2, 0) is 33.8 Å². The number of aliphatic carboxylic acids is 1. The number of ether oxygens (including phenoxy) is 1. The quantitative estimate of drug-likeness (QED) is 0.150. The number of nitrogens with one attached hydrogen (secondary N) is 1. The molecule has 2 N–H and O–H groups in total. The van der Waals surface area contributed by atoms with Gasteiger partial charge in [0.2, 0.25) is 5.91 Å². The second kappa shape index (κ2) is 17.2. The van der Waals surface area contributed by atoms with Gasteiger partial charge in [-0.2, -0.15) is 0 Å². The minimum Gasteiger partial charge on any atom is -0.481 e. The van der Waals surface area contributed by atoms with E-state index in [0.717, 1.165) is 36.2 Å². The largest absolute Gasteiger partial charge is 0.481 e. The fourth-order valence-electron chi connectivity index (χ4n) is 4.93. The fourth-order valence-corrected chi connectivity index (χ4v) is 4.93. The zero-order chi connectivity index (χ0) is 30.2. The lowest BCUT2D eigenvalue weighted by molar-refractivity contribution is -0.151. The average Bonchev–Trinajstić information content (AvgIpc) is 3.00. The van der Waals surface area contributed by atoms with Crippen LogP contribution in [0.15, 0.2) is 66.7 Å². The van der Waals surface area contributed by atoms with Crippen molar-refractivity contribution in [1.82, 2.24) is 4.98 Å². The van der Waals surface area contributed by atoms with Crippen molar-refractivity contribution < 1.29 is 19.4 Å². The maximum Gasteiger partial charge on any atom is 0.310 e. The number of carboxylic acids is 1. The first-order chi connectivity index (χ1) is 20.4. The second-order valence-corrected chi connectivity index (χ2v) is 11.0. The summed E-state index contributed by atoms with van der Waals surface area (Å²) >= 11 is 0. The number of hydrogen-bond donors (Lipinski definition) is 2. The highest BCUT2D eigenvalue weighted by molar-refractivity contribution is 5.94. The van der Waals surface area contributed by atoms with Gasteiger partial charge in [0.1, 0.15) is 0 Å². The summed E-state index contributed by atoms with van der Waals surface area (Å²) in [7, 11) is 0. The number of benzene rings is 2. The van der Waals surface area contributed by atoms with E-state index in [0.29, 0.717) is 31.7 Å². The predicted molar refractivity (Wildman–Crippen MR) is 171 cm³/mol. The average molecular weight is 571 g/mol. The summed E-state index contributed by atoms with van der Waals surface area (Å²) in [6, 6.07) is 22.4. The first-order valence-corrected chi connectivity index (χ1v) is 15.3. The van der Waals surface area contributed by atoms with Gasteiger partial charge in [-0.25, -0.2) is 0 Å². The molecule has 3 rings (SSSR count). The molecular weight excluding hydrogens is 524 g/mol. The van der Waals surface area contributed by atoms with Crippen LogP contribution in [0.2, 0.25) is 0 Å². The molecule has 6 nitrogen and oxygen atoms in total. The van der Waals surface area contributed by atoms with E-state index in [1.807, 2.05) is 62.4 Å². The molecule has 2 aromatic carbocycles. The zero-order valence-corrected chi connectivity index (χ0v) is 25.4. The van der Waals surface area contributed by atoms with Crippen LogP contribution in [-0.4, -0.2) is 28.6 Å². The van der Waals surface area contributed by atoms with Crippen LogP contribution in [0.1, 0.15) is 93.8 Å². The third kappa shape index (κ3) is 10.6. The minimum atomic E-state index is -1.04. The molecule has 0 unspecified atom stereocenters. The van der Waals surface area contributed by atoms with Gasteiger partial charge in [-0.05, 0) is 92.0 Å². The number of rotatable bonds is 18. The molecule has 0 spiro atoms. The summed E-state index contributed by atoms with van der Waals surface area (Å²) in [4.78, 5) is 29.1. The summed E-state index contributed by atoms with van der Waals surface area (Å²) in [5.74, 6) is -1.23. The second-order valence-electron chi connectivity index (χ2n) is 11.0. The maximum atomic E-state index is 12.6. The molecule has 0 saturated heterocycles. The van der Waals surface area contributed by atoms with E-state index < -0.39 is 11.4 Å². The third-order valence-corrected chi connectivity index (χ3v) is 7.85. The summed E-state index contributed by atoms with van der Waals surface area (Å²) < 4.78 is 5.89. The molecule has 42 heavy (non-hydrogen) atoms. The fraction of sp³-hybridized carbons (Fsp3) is 0.417. The highest BCUT2D eigenvalue weighted by atomic mass is 16.5. The van der Waals surface area contributed by atoms with Gasteiger partial charge in [-0.15, -0.1) is 0 Å². The number of pyridine rings is 1. The van der Waals surface area contributed by atoms with Gasteiger partial charge in [0.05, 0.1) is 23.4 Å². The summed E-state index contributed by atoms with van der Waals surface area (Å²) in [6.07, 6.45) is 11.5. The molecule has 1 amide bonds. The number of aryl methyl sites for hydroxylation is 2. The highest BCUT2D eigenvalue weighted by Crippen LogP contribution is 2.31. The van der Waals surface area contributed by atoms with E-state index in [9.17, 15) is 14.7 Å². The number of carbonyl (C=O) groups is 2. The Labute approximate surface area is 251 Å². The van der Waals surface area contributed by atoms with Crippen molar-refractivity contribution in [3.8, 4) is 0 Å². The summed E-state index contributed by atoms with van der Waals surface area (Å²) in [5.41, 5.74) is 5.02. The van der Waals surface area contributed by atoms with E-state index in [1.54, 1.807) is 6.07 Å². The van der Waals surface area contributed by atoms with Crippen molar-refractivity contribution in [2.75, 3.05) is 11.9 Å². The number of anilines is 1. The van der Waals surface area contributed by atoms with Crippen LogP contribution < -0.4 is 5.32 Å². The van der Waals surface area contributed by atoms with E-state index in [1.165, 1.54) is 30.4 Å². The highest BCUT2D eigenvalue weighted by Gasteiger charge is 2.37. The Morgan fingerprint density at radius 2 is 1.57 bits per heavy atom. The molecule has 0 atom stereocenters. The Hall–Kier alpha value is -3.77. The normalized spacial score (nSPS) is 11.6. The predicted octanol–water partition coefficient (Wildman–Crippen LogP) is 8.35. The molecule has 3 aromatic rings. The van der Waals surface area contributed by atoms with E-state index in [4.69, 9.17) is 9.72 Å². The van der Waals surface area contributed by atoms with Gasteiger partial charge in [0, 0.05) is 18.7 Å². The number of hydrogen-bond acceptors (Lipinski definition) is 4. The molecule has 1 aromatic heterocycles. The Morgan fingerprint density at radius 3 is 2.24 bits per heavy atom. The Balaban J connectivity index is 1.44. The van der Waals surface area contributed by atoms with Gasteiger partial charge >= 0.3 is 5.97 Å². The Morgan fingerprint density at radius 1 is 0.881 bits per heavy atom. The molecule has 6 heteroatoms. The minimum absolute atomic E-state index is 0.0544. The first-order valence-electron chi connectivity index (χ1n) is 15.3. The maximum absolute atomic E-state index is 12.6. The first kappa shape index (κ1) is 32.7. The van der Waals surface area contributed by atoms with Crippen molar-refractivity contribution in [2.24, 2.45) is 5.41 Å². The van der Waals surface area contributed by atoms with Crippen molar-refractivity contribution in [3.05, 3.63) is 94.8 Å². The van der Waals surface area contributed by atoms with Crippen LogP contribution in [0.3, 0.4) is 0 Å². The van der Waals surface area contributed by atoms with Crippen molar-refractivity contribution in [1.29, 1.82) is 0 Å². The molecule has 1 heterocycles. The van der Waals surface area contributed by atoms with Crippen molar-refractivity contribution in [3.63, 3.8) is 0 Å². The number of carbonyl (C=O) groups excluding carboxylic acids is 1. The van der Waals surface area contributed by atoms with Crippen LogP contribution in [0.25, 0.3) is 12.2 Å². The number of aromatic nitrogens is 1. The molecule has 0 fully saturated rings. The molecular formula is C36H46N2O4. The molecule has 0 aliphatic rings. The summed E-state index contributed by atoms with van der Waals surface area (Å²) in [5, 5.41) is 12.5. The number of carboxylic acid groups (broad SMARTS) is 1. The van der Waals surface area contributed by atoms with Crippen molar-refractivity contribution >= 4 is 29.7 Å². The van der Waals surface area contributed by atoms with Crippen LogP contribution in [0, 0.1) is 5.41 Å². The van der Waals surface area contributed by atoms with E-state index >= 15 is 0 Å².